The second-order valence-electron chi connectivity index (χ2n) is 4.19. The van der Waals surface area contributed by atoms with E-state index in [0.29, 0.717) is 12.1 Å². The normalized spacial score (nSPS) is 12.3. The van der Waals surface area contributed by atoms with Crippen LogP contribution in [0.4, 0.5) is 11.4 Å². The van der Waals surface area contributed by atoms with Crippen LogP contribution in [-0.4, -0.2) is 23.3 Å². The molecule has 0 spiro atoms. The van der Waals surface area contributed by atoms with Gasteiger partial charge in [0.25, 0.3) is 0 Å². The molecular weight excluding hydrogens is 214 g/mol. The van der Waals surface area contributed by atoms with Gasteiger partial charge in [-0.2, -0.15) is 10.4 Å². The minimum Gasteiger partial charge on any atom is -0.397 e. The molecule has 0 aliphatic heterocycles. The van der Waals surface area contributed by atoms with Gasteiger partial charge in [0.05, 0.1) is 35.6 Å². The molecule has 2 rings (SSSR count). The number of nitriles is 1. The summed E-state index contributed by atoms with van der Waals surface area (Å²) in [6.07, 6.45) is 2.21. The van der Waals surface area contributed by atoms with E-state index in [1.165, 1.54) is 0 Å². The van der Waals surface area contributed by atoms with Crippen molar-refractivity contribution in [2.75, 3.05) is 17.7 Å². The average Bonchev–Trinajstić information content (AvgIpc) is 2.74. The smallest absolute Gasteiger partial charge is 0.0672 e. The van der Waals surface area contributed by atoms with Gasteiger partial charge in [0.15, 0.2) is 0 Å². The molecule has 0 saturated heterocycles. The highest BCUT2D eigenvalue weighted by Gasteiger charge is 2.13. The molecule has 1 heterocycles. The Morgan fingerprint density at radius 1 is 1.59 bits per heavy atom. The van der Waals surface area contributed by atoms with E-state index in [1.807, 2.05) is 31.0 Å². The Labute approximate surface area is 99.8 Å². The first kappa shape index (κ1) is 11.3. The molecule has 1 unspecified atom stereocenters. The van der Waals surface area contributed by atoms with Gasteiger partial charge in [-0.25, -0.2) is 0 Å². The van der Waals surface area contributed by atoms with Crippen molar-refractivity contribution in [1.29, 1.82) is 5.26 Å². The summed E-state index contributed by atoms with van der Waals surface area (Å²) in [5.41, 5.74) is 8.58. The van der Waals surface area contributed by atoms with Crippen molar-refractivity contribution < 1.29 is 0 Å². The third-order valence-electron chi connectivity index (χ3n) is 3.02. The molecule has 1 atom stereocenters. The summed E-state index contributed by atoms with van der Waals surface area (Å²) >= 11 is 0. The van der Waals surface area contributed by atoms with Crippen LogP contribution in [0.5, 0.6) is 0 Å². The summed E-state index contributed by atoms with van der Waals surface area (Å²) in [7, 11) is 1.94. The van der Waals surface area contributed by atoms with Crippen LogP contribution in [-0.2, 0) is 0 Å². The molecule has 0 fully saturated rings. The van der Waals surface area contributed by atoms with Crippen LogP contribution >= 0.6 is 0 Å². The lowest BCUT2D eigenvalue weighted by atomic mass is 10.1. The van der Waals surface area contributed by atoms with E-state index >= 15 is 0 Å². The number of fused-ring (bicyclic) bond motifs is 1. The molecule has 2 aromatic rings. The van der Waals surface area contributed by atoms with Crippen LogP contribution in [0.2, 0.25) is 0 Å². The Morgan fingerprint density at radius 3 is 3.06 bits per heavy atom. The number of aromatic amines is 1. The molecule has 0 saturated carbocycles. The molecule has 1 aromatic heterocycles. The molecule has 17 heavy (non-hydrogen) atoms. The predicted molar refractivity (Wildman–Crippen MR) is 68.6 cm³/mol. The summed E-state index contributed by atoms with van der Waals surface area (Å²) in [6.45, 7) is 2.00. The van der Waals surface area contributed by atoms with Crippen molar-refractivity contribution in [3.05, 3.63) is 18.3 Å². The van der Waals surface area contributed by atoms with Gasteiger partial charge in [0.1, 0.15) is 0 Å². The first-order valence-electron chi connectivity index (χ1n) is 5.46. The number of nitrogens with zero attached hydrogens (tertiary/aromatic N) is 3. The largest absolute Gasteiger partial charge is 0.397 e. The molecule has 0 aliphatic carbocycles. The molecule has 0 amide bonds. The molecule has 5 nitrogen and oxygen atoms in total. The molecule has 3 N–H and O–H groups in total. The number of hydrogen-bond donors (Lipinski definition) is 2. The predicted octanol–water partition coefficient (Wildman–Crippen LogP) is 1.88. The minimum atomic E-state index is 0.127. The Balaban J connectivity index is 2.40. The van der Waals surface area contributed by atoms with Gasteiger partial charge in [-0.1, -0.05) is 0 Å². The monoisotopic (exact) mass is 229 g/mol. The highest BCUT2D eigenvalue weighted by Crippen LogP contribution is 2.28. The van der Waals surface area contributed by atoms with Crippen molar-refractivity contribution in [3.63, 3.8) is 0 Å². The summed E-state index contributed by atoms with van der Waals surface area (Å²) < 4.78 is 0. The zero-order valence-electron chi connectivity index (χ0n) is 9.94. The quantitative estimate of drug-likeness (QED) is 0.787. The number of nitrogens with two attached hydrogens (primary N) is 1. The van der Waals surface area contributed by atoms with Crippen LogP contribution in [0.15, 0.2) is 18.3 Å². The molecule has 88 valence electrons. The zero-order chi connectivity index (χ0) is 12.4. The fourth-order valence-electron chi connectivity index (χ4n) is 1.81. The number of benzene rings is 1. The van der Waals surface area contributed by atoms with Gasteiger partial charge in [0, 0.05) is 18.5 Å². The second kappa shape index (κ2) is 4.34. The maximum absolute atomic E-state index is 8.72. The van der Waals surface area contributed by atoms with Crippen molar-refractivity contribution >= 4 is 22.3 Å². The maximum Gasteiger partial charge on any atom is 0.0672 e. The molecule has 5 heteroatoms. The third kappa shape index (κ3) is 2.02. The number of hydrogen-bond acceptors (Lipinski definition) is 4. The lowest BCUT2D eigenvalue weighted by molar-refractivity contribution is 0.704. The van der Waals surface area contributed by atoms with Gasteiger partial charge in [-0.05, 0) is 19.1 Å². The SMILES string of the molecule is CC(CC#N)N(C)c1cc2[nH]ncc2cc1N. The van der Waals surface area contributed by atoms with Gasteiger partial charge >= 0.3 is 0 Å². The van der Waals surface area contributed by atoms with Crippen LogP contribution in [0, 0.1) is 11.3 Å². The van der Waals surface area contributed by atoms with Crippen molar-refractivity contribution in [2.24, 2.45) is 0 Å². The van der Waals surface area contributed by atoms with Crippen LogP contribution < -0.4 is 10.6 Å². The Hall–Kier alpha value is -2.22. The van der Waals surface area contributed by atoms with E-state index in [9.17, 15) is 0 Å². The van der Waals surface area contributed by atoms with Crippen molar-refractivity contribution in [1.82, 2.24) is 10.2 Å². The van der Waals surface area contributed by atoms with E-state index in [-0.39, 0.29) is 6.04 Å². The van der Waals surface area contributed by atoms with E-state index in [2.05, 4.69) is 16.3 Å². The Kier molecular flexibility index (Phi) is 2.88. The minimum absolute atomic E-state index is 0.127. The fourth-order valence-corrected chi connectivity index (χ4v) is 1.81. The van der Waals surface area contributed by atoms with Gasteiger partial charge < -0.3 is 10.6 Å². The van der Waals surface area contributed by atoms with Crippen molar-refractivity contribution in [2.45, 2.75) is 19.4 Å². The average molecular weight is 229 g/mol. The Bertz CT molecular complexity index is 566. The lowest BCUT2D eigenvalue weighted by Gasteiger charge is -2.26. The number of rotatable bonds is 3. The third-order valence-corrected chi connectivity index (χ3v) is 3.02. The lowest BCUT2D eigenvalue weighted by Crippen LogP contribution is -2.29. The van der Waals surface area contributed by atoms with Crippen LogP contribution in [0.1, 0.15) is 13.3 Å². The molecule has 0 radical (unpaired) electrons. The van der Waals surface area contributed by atoms with Gasteiger partial charge in [-0.3, -0.25) is 5.10 Å². The van der Waals surface area contributed by atoms with E-state index in [1.54, 1.807) is 6.20 Å². The standard InChI is InChI=1S/C12H15N5/c1-8(3-4-13)17(2)12-6-11-9(5-10(12)14)7-15-16-11/h5-8H,3,14H2,1-2H3,(H,15,16). The maximum atomic E-state index is 8.72. The number of nitrogens with one attached hydrogen (secondary N) is 1. The second-order valence-corrected chi connectivity index (χ2v) is 4.19. The fraction of sp³-hybridized carbons (Fsp3) is 0.333. The molecule has 0 bridgehead atoms. The number of aromatic nitrogens is 2. The highest BCUT2D eigenvalue weighted by atomic mass is 15.1. The van der Waals surface area contributed by atoms with E-state index in [4.69, 9.17) is 11.0 Å². The summed E-state index contributed by atoms with van der Waals surface area (Å²) in [5.74, 6) is 0. The number of H-pyrrole nitrogens is 1. The van der Waals surface area contributed by atoms with Crippen LogP contribution in [0.3, 0.4) is 0 Å². The number of anilines is 2. The highest BCUT2D eigenvalue weighted by molar-refractivity contribution is 5.88. The van der Waals surface area contributed by atoms with Crippen molar-refractivity contribution in [3.8, 4) is 6.07 Å². The topological polar surface area (TPSA) is 81.7 Å². The summed E-state index contributed by atoms with van der Waals surface area (Å²) in [5, 5.41) is 16.6. The van der Waals surface area contributed by atoms with E-state index < -0.39 is 0 Å². The Morgan fingerprint density at radius 2 is 2.35 bits per heavy atom. The zero-order valence-corrected chi connectivity index (χ0v) is 9.94. The van der Waals surface area contributed by atoms with Gasteiger partial charge in [0.2, 0.25) is 0 Å². The van der Waals surface area contributed by atoms with Crippen LogP contribution in [0.25, 0.3) is 10.9 Å². The van der Waals surface area contributed by atoms with Gasteiger partial charge in [-0.15, -0.1) is 0 Å². The van der Waals surface area contributed by atoms with E-state index in [0.717, 1.165) is 16.6 Å². The molecule has 1 aromatic carbocycles. The molecular formula is C12H15N5. The number of nitrogen functional groups attached to an aromatic ring is 1. The first-order chi connectivity index (χ1) is 8.13. The molecule has 0 aliphatic rings. The summed E-state index contributed by atoms with van der Waals surface area (Å²) in [6, 6.07) is 6.15. The first-order valence-corrected chi connectivity index (χ1v) is 5.46. The summed E-state index contributed by atoms with van der Waals surface area (Å²) in [4.78, 5) is 2.01.